The van der Waals surface area contributed by atoms with E-state index >= 15 is 0 Å². The summed E-state index contributed by atoms with van der Waals surface area (Å²) >= 11 is 0. The molecule has 0 radical (unpaired) electrons. The molecule has 1 saturated heterocycles. The van der Waals surface area contributed by atoms with E-state index in [0.29, 0.717) is 17.5 Å². The summed E-state index contributed by atoms with van der Waals surface area (Å²) in [6.45, 7) is 6.52. The molecule has 1 aromatic rings. The van der Waals surface area contributed by atoms with E-state index in [-0.39, 0.29) is 5.91 Å². The van der Waals surface area contributed by atoms with Crippen LogP contribution in [0.15, 0.2) is 6.07 Å². The number of carbonyl (C=O) groups excluding carboxylic acids is 1. The predicted molar refractivity (Wildman–Crippen MR) is 81.2 cm³/mol. The minimum absolute atomic E-state index is 0.117. The molecule has 1 saturated carbocycles. The summed E-state index contributed by atoms with van der Waals surface area (Å²) in [5.74, 6) is 0.817. The molecule has 5 nitrogen and oxygen atoms in total. The first-order chi connectivity index (χ1) is 10.1. The minimum atomic E-state index is 0.117. The maximum atomic E-state index is 12.9. The van der Waals surface area contributed by atoms with Gasteiger partial charge in [-0.3, -0.25) is 4.79 Å². The van der Waals surface area contributed by atoms with Gasteiger partial charge in [-0.2, -0.15) is 10.2 Å². The third-order valence-electron chi connectivity index (χ3n) is 4.40. The fourth-order valence-electron chi connectivity index (χ4n) is 2.97. The lowest BCUT2D eigenvalue weighted by molar-refractivity contribution is 0.0732. The number of amides is 1. The van der Waals surface area contributed by atoms with Crippen molar-refractivity contribution in [3.05, 3.63) is 23.0 Å². The van der Waals surface area contributed by atoms with E-state index in [1.165, 1.54) is 25.7 Å². The Morgan fingerprint density at radius 1 is 1.29 bits per heavy atom. The van der Waals surface area contributed by atoms with Crippen LogP contribution in [0, 0.1) is 19.8 Å². The second-order valence-corrected chi connectivity index (χ2v) is 6.43. The smallest absolute Gasteiger partial charge is 0.255 e. The zero-order valence-corrected chi connectivity index (χ0v) is 12.9. The highest BCUT2D eigenvalue weighted by Gasteiger charge is 2.30. The second-order valence-electron chi connectivity index (χ2n) is 6.43. The molecule has 2 heterocycles. The molecule has 1 amide bonds. The molecule has 2 fully saturated rings. The van der Waals surface area contributed by atoms with Gasteiger partial charge in [-0.05, 0) is 58.1 Å². The van der Waals surface area contributed by atoms with Crippen molar-refractivity contribution in [2.24, 2.45) is 5.92 Å². The summed E-state index contributed by atoms with van der Waals surface area (Å²) in [5, 5.41) is 11.6. The van der Waals surface area contributed by atoms with Gasteiger partial charge in [0.2, 0.25) is 0 Å². The standard InChI is InChI=1S/C16H24N4O/c1-11-8-15(12(2)19-18-11)16(21)20(9-13-5-6-13)10-14-4-3-7-17-14/h8,13-14,17H,3-7,9-10H2,1-2H3. The van der Waals surface area contributed by atoms with Crippen LogP contribution in [0.25, 0.3) is 0 Å². The maximum Gasteiger partial charge on any atom is 0.255 e. The van der Waals surface area contributed by atoms with Crippen molar-refractivity contribution in [2.75, 3.05) is 19.6 Å². The van der Waals surface area contributed by atoms with E-state index in [4.69, 9.17) is 0 Å². The van der Waals surface area contributed by atoms with Crippen molar-refractivity contribution in [3.8, 4) is 0 Å². The van der Waals surface area contributed by atoms with Gasteiger partial charge in [-0.25, -0.2) is 0 Å². The summed E-state index contributed by atoms with van der Waals surface area (Å²) in [7, 11) is 0. The van der Waals surface area contributed by atoms with Crippen molar-refractivity contribution >= 4 is 5.91 Å². The zero-order chi connectivity index (χ0) is 14.8. The lowest BCUT2D eigenvalue weighted by Gasteiger charge is -2.26. The number of nitrogens with one attached hydrogen (secondary N) is 1. The number of rotatable bonds is 5. The highest BCUT2D eigenvalue weighted by atomic mass is 16.2. The SMILES string of the molecule is Cc1cc(C(=O)N(CC2CC2)CC2CCCN2)c(C)nn1. The molecule has 5 heteroatoms. The van der Waals surface area contributed by atoms with Crippen molar-refractivity contribution < 1.29 is 4.79 Å². The molecule has 114 valence electrons. The fraction of sp³-hybridized carbons (Fsp3) is 0.688. The molecule has 0 spiro atoms. The molecule has 21 heavy (non-hydrogen) atoms. The first-order valence-corrected chi connectivity index (χ1v) is 7.97. The van der Waals surface area contributed by atoms with E-state index in [2.05, 4.69) is 15.5 Å². The first kappa shape index (κ1) is 14.4. The number of carbonyl (C=O) groups is 1. The van der Waals surface area contributed by atoms with Gasteiger partial charge in [-0.1, -0.05) is 0 Å². The maximum absolute atomic E-state index is 12.9. The Morgan fingerprint density at radius 3 is 2.76 bits per heavy atom. The quantitative estimate of drug-likeness (QED) is 0.896. The summed E-state index contributed by atoms with van der Waals surface area (Å²) in [5.41, 5.74) is 2.24. The van der Waals surface area contributed by atoms with Gasteiger partial charge in [-0.15, -0.1) is 0 Å². The van der Waals surface area contributed by atoms with Crippen LogP contribution in [0.3, 0.4) is 0 Å². The zero-order valence-electron chi connectivity index (χ0n) is 12.9. The summed E-state index contributed by atoms with van der Waals surface area (Å²) < 4.78 is 0. The number of hydrogen-bond acceptors (Lipinski definition) is 4. The van der Waals surface area contributed by atoms with E-state index in [1.807, 2.05) is 24.8 Å². The Morgan fingerprint density at radius 2 is 2.10 bits per heavy atom. The molecule has 1 N–H and O–H groups in total. The largest absolute Gasteiger partial charge is 0.337 e. The molecule has 1 aromatic heterocycles. The van der Waals surface area contributed by atoms with Gasteiger partial charge < -0.3 is 10.2 Å². The lowest BCUT2D eigenvalue weighted by Crippen LogP contribution is -2.42. The molecule has 1 atom stereocenters. The molecule has 1 unspecified atom stereocenters. The van der Waals surface area contributed by atoms with E-state index in [9.17, 15) is 4.79 Å². The summed E-state index contributed by atoms with van der Waals surface area (Å²) in [6, 6.07) is 2.32. The van der Waals surface area contributed by atoms with Crippen LogP contribution in [0.1, 0.15) is 47.4 Å². The van der Waals surface area contributed by atoms with E-state index in [0.717, 1.165) is 31.0 Å². The van der Waals surface area contributed by atoms with Crippen LogP contribution >= 0.6 is 0 Å². The normalized spacial score (nSPS) is 21.5. The van der Waals surface area contributed by atoms with E-state index in [1.54, 1.807) is 0 Å². The molecule has 2 aliphatic rings. The summed E-state index contributed by atoms with van der Waals surface area (Å²) in [6.07, 6.45) is 4.90. The van der Waals surface area contributed by atoms with Crippen molar-refractivity contribution in [1.29, 1.82) is 0 Å². The van der Waals surface area contributed by atoms with Gasteiger partial charge in [0.1, 0.15) is 0 Å². The molecular formula is C16H24N4O. The van der Waals surface area contributed by atoms with Gasteiger partial charge in [0, 0.05) is 19.1 Å². The molecule has 0 aromatic carbocycles. The number of hydrogen-bond donors (Lipinski definition) is 1. The molecular weight excluding hydrogens is 264 g/mol. The minimum Gasteiger partial charge on any atom is -0.337 e. The van der Waals surface area contributed by atoms with Crippen LogP contribution < -0.4 is 5.32 Å². The van der Waals surface area contributed by atoms with Gasteiger partial charge in [0.15, 0.2) is 0 Å². The second kappa shape index (κ2) is 6.10. The van der Waals surface area contributed by atoms with Gasteiger partial charge >= 0.3 is 0 Å². The van der Waals surface area contributed by atoms with Crippen LogP contribution in [0.5, 0.6) is 0 Å². The highest BCUT2D eigenvalue weighted by molar-refractivity contribution is 5.95. The average molecular weight is 288 g/mol. The average Bonchev–Trinajstić information content (AvgIpc) is 3.13. The van der Waals surface area contributed by atoms with E-state index < -0.39 is 0 Å². The predicted octanol–water partition coefficient (Wildman–Crippen LogP) is 1.70. The first-order valence-electron chi connectivity index (χ1n) is 7.97. The Kier molecular flexibility index (Phi) is 4.19. The van der Waals surface area contributed by atoms with Crippen molar-refractivity contribution in [3.63, 3.8) is 0 Å². The topological polar surface area (TPSA) is 58.1 Å². The van der Waals surface area contributed by atoms with Crippen molar-refractivity contribution in [2.45, 2.75) is 45.6 Å². The Bertz CT molecular complexity index is 521. The van der Waals surface area contributed by atoms with Crippen LogP contribution in [0.4, 0.5) is 0 Å². The number of aromatic nitrogens is 2. The lowest BCUT2D eigenvalue weighted by atomic mass is 10.1. The fourth-order valence-corrected chi connectivity index (χ4v) is 2.97. The Labute approximate surface area is 126 Å². The Hall–Kier alpha value is -1.49. The third-order valence-corrected chi connectivity index (χ3v) is 4.40. The Balaban J connectivity index is 1.76. The molecule has 1 aliphatic carbocycles. The summed E-state index contributed by atoms with van der Waals surface area (Å²) in [4.78, 5) is 14.9. The molecule has 3 rings (SSSR count). The number of aryl methyl sites for hydroxylation is 2. The van der Waals surface area contributed by atoms with Crippen LogP contribution in [0.2, 0.25) is 0 Å². The van der Waals surface area contributed by atoms with Gasteiger partial charge in [0.25, 0.3) is 5.91 Å². The van der Waals surface area contributed by atoms with Gasteiger partial charge in [0.05, 0.1) is 17.0 Å². The van der Waals surface area contributed by atoms with Crippen molar-refractivity contribution in [1.82, 2.24) is 20.4 Å². The van der Waals surface area contributed by atoms with Crippen LogP contribution in [-0.2, 0) is 0 Å². The third kappa shape index (κ3) is 3.59. The molecule has 0 bridgehead atoms. The van der Waals surface area contributed by atoms with Crippen LogP contribution in [-0.4, -0.2) is 46.7 Å². The highest BCUT2D eigenvalue weighted by Crippen LogP contribution is 2.30. The number of nitrogens with zero attached hydrogens (tertiary/aromatic N) is 3. The monoisotopic (exact) mass is 288 g/mol. The molecule has 1 aliphatic heterocycles.